The van der Waals surface area contributed by atoms with Gasteiger partial charge in [-0.25, -0.2) is 9.67 Å². The Balaban J connectivity index is 1.34. The number of rotatable bonds is 5. The highest BCUT2D eigenvalue weighted by molar-refractivity contribution is 5.79. The van der Waals surface area contributed by atoms with Gasteiger partial charge in [-0.15, -0.1) is 5.10 Å². The van der Waals surface area contributed by atoms with Crippen LogP contribution in [0, 0.1) is 0 Å². The summed E-state index contributed by atoms with van der Waals surface area (Å²) in [5, 5.41) is 11.0. The zero-order chi connectivity index (χ0) is 17.1. The minimum absolute atomic E-state index is 0.0979. The molecule has 1 fully saturated rings. The van der Waals surface area contributed by atoms with E-state index in [4.69, 9.17) is 0 Å². The lowest BCUT2D eigenvalue weighted by atomic mass is 10.2. The van der Waals surface area contributed by atoms with Crippen LogP contribution in [-0.2, 0) is 17.9 Å². The number of anilines is 1. The van der Waals surface area contributed by atoms with E-state index < -0.39 is 0 Å². The molecule has 3 heterocycles. The van der Waals surface area contributed by atoms with Crippen LogP contribution in [0.25, 0.3) is 11.0 Å². The van der Waals surface area contributed by atoms with Gasteiger partial charge in [0.05, 0.1) is 5.52 Å². The van der Waals surface area contributed by atoms with Gasteiger partial charge in [0.15, 0.2) is 0 Å². The maximum Gasteiger partial charge on any atom is 0.242 e. The Bertz CT molecular complexity index is 867. The number of nitrogens with one attached hydrogen (secondary N) is 1. The van der Waals surface area contributed by atoms with Crippen LogP contribution in [0.5, 0.6) is 0 Å². The first-order chi connectivity index (χ1) is 12.3. The summed E-state index contributed by atoms with van der Waals surface area (Å²) >= 11 is 0. The fourth-order valence-electron chi connectivity index (χ4n) is 3.08. The Hall–Kier alpha value is -2.96. The molecule has 0 saturated carbocycles. The SMILES string of the molecule is O=C(Cn1nnc2ccccc21)NCc1ccc(N2CCCC2)nc1. The molecule has 0 bridgehead atoms. The smallest absolute Gasteiger partial charge is 0.242 e. The van der Waals surface area contributed by atoms with Crippen LogP contribution in [0.3, 0.4) is 0 Å². The number of hydrogen-bond acceptors (Lipinski definition) is 5. The van der Waals surface area contributed by atoms with Gasteiger partial charge in [0, 0.05) is 25.8 Å². The van der Waals surface area contributed by atoms with Crippen molar-refractivity contribution >= 4 is 22.8 Å². The molecule has 3 aromatic rings. The van der Waals surface area contributed by atoms with E-state index in [1.54, 1.807) is 4.68 Å². The van der Waals surface area contributed by atoms with Crippen LogP contribution in [0.2, 0.25) is 0 Å². The van der Waals surface area contributed by atoms with Gasteiger partial charge in [0.2, 0.25) is 5.91 Å². The summed E-state index contributed by atoms with van der Waals surface area (Å²) in [4.78, 5) is 19.0. The van der Waals surface area contributed by atoms with Gasteiger partial charge in [0.1, 0.15) is 17.9 Å². The van der Waals surface area contributed by atoms with Crippen LogP contribution in [0.1, 0.15) is 18.4 Å². The Morgan fingerprint density at radius 3 is 2.76 bits per heavy atom. The maximum absolute atomic E-state index is 12.2. The van der Waals surface area contributed by atoms with E-state index in [1.165, 1.54) is 12.8 Å². The molecule has 0 unspecified atom stereocenters. The highest BCUT2D eigenvalue weighted by Crippen LogP contribution is 2.17. The third kappa shape index (κ3) is 3.45. The van der Waals surface area contributed by atoms with Crippen molar-refractivity contribution in [2.75, 3.05) is 18.0 Å². The maximum atomic E-state index is 12.2. The Morgan fingerprint density at radius 2 is 1.96 bits per heavy atom. The van der Waals surface area contributed by atoms with E-state index in [0.717, 1.165) is 35.5 Å². The Labute approximate surface area is 145 Å². The predicted molar refractivity (Wildman–Crippen MR) is 95.1 cm³/mol. The van der Waals surface area contributed by atoms with E-state index in [-0.39, 0.29) is 12.5 Å². The average molecular weight is 336 g/mol. The van der Waals surface area contributed by atoms with E-state index in [9.17, 15) is 4.79 Å². The van der Waals surface area contributed by atoms with Crippen LogP contribution in [0.15, 0.2) is 42.6 Å². The van der Waals surface area contributed by atoms with Crippen LogP contribution < -0.4 is 10.2 Å². The molecular formula is C18H20N6O. The average Bonchev–Trinajstić information content (AvgIpc) is 3.31. The minimum atomic E-state index is -0.0979. The molecule has 2 aromatic heterocycles. The van der Waals surface area contributed by atoms with Crippen molar-refractivity contribution in [3.05, 3.63) is 48.2 Å². The normalized spacial score (nSPS) is 14.2. The molecule has 0 spiro atoms. The molecule has 1 saturated heterocycles. The second-order valence-corrected chi connectivity index (χ2v) is 6.23. The number of benzene rings is 1. The van der Waals surface area contributed by atoms with Crippen molar-refractivity contribution in [2.45, 2.75) is 25.9 Å². The summed E-state index contributed by atoms with van der Waals surface area (Å²) in [7, 11) is 0. The Morgan fingerprint density at radius 1 is 1.12 bits per heavy atom. The molecule has 1 N–H and O–H groups in total. The number of carbonyl (C=O) groups is 1. The number of hydrogen-bond donors (Lipinski definition) is 1. The molecule has 1 aliphatic heterocycles. The first-order valence-corrected chi connectivity index (χ1v) is 8.54. The quantitative estimate of drug-likeness (QED) is 0.768. The zero-order valence-corrected chi connectivity index (χ0v) is 13.9. The molecule has 0 radical (unpaired) electrons. The van der Waals surface area contributed by atoms with Gasteiger partial charge in [0.25, 0.3) is 0 Å². The number of fused-ring (bicyclic) bond motifs is 1. The fraction of sp³-hybridized carbons (Fsp3) is 0.333. The number of pyridine rings is 1. The zero-order valence-electron chi connectivity index (χ0n) is 13.9. The molecule has 1 aliphatic rings. The lowest BCUT2D eigenvalue weighted by molar-refractivity contribution is -0.121. The van der Waals surface area contributed by atoms with E-state index in [1.807, 2.05) is 42.6 Å². The number of carbonyl (C=O) groups excluding carboxylic acids is 1. The van der Waals surface area contributed by atoms with Crippen molar-refractivity contribution in [3.8, 4) is 0 Å². The molecule has 25 heavy (non-hydrogen) atoms. The lowest BCUT2D eigenvalue weighted by Gasteiger charge is -2.16. The number of aromatic nitrogens is 4. The number of amides is 1. The molecule has 7 nitrogen and oxygen atoms in total. The Kier molecular flexibility index (Phi) is 4.28. The van der Waals surface area contributed by atoms with Crippen LogP contribution >= 0.6 is 0 Å². The molecule has 0 aliphatic carbocycles. The highest BCUT2D eigenvalue weighted by Gasteiger charge is 2.13. The summed E-state index contributed by atoms with van der Waals surface area (Å²) in [5.74, 6) is 0.918. The van der Waals surface area contributed by atoms with Crippen LogP contribution in [0.4, 0.5) is 5.82 Å². The van der Waals surface area contributed by atoms with Crippen molar-refractivity contribution in [2.24, 2.45) is 0 Å². The standard InChI is InChI=1S/C18H20N6O/c25-18(13-24-16-6-2-1-5-15(16)21-22-24)20-12-14-7-8-17(19-11-14)23-9-3-4-10-23/h1-2,5-8,11H,3-4,9-10,12-13H2,(H,20,25). The van der Waals surface area contributed by atoms with Crippen molar-refractivity contribution in [3.63, 3.8) is 0 Å². The summed E-state index contributed by atoms with van der Waals surface area (Å²) in [5.41, 5.74) is 2.63. The van der Waals surface area contributed by atoms with E-state index >= 15 is 0 Å². The second-order valence-electron chi connectivity index (χ2n) is 6.23. The van der Waals surface area contributed by atoms with E-state index in [2.05, 4.69) is 25.5 Å². The van der Waals surface area contributed by atoms with Gasteiger partial charge in [-0.2, -0.15) is 0 Å². The molecule has 1 amide bonds. The molecular weight excluding hydrogens is 316 g/mol. The first kappa shape index (κ1) is 15.6. The second kappa shape index (κ2) is 6.88. The fourth-order valence-corrected chi connectivity index (χ4v) is 3.08. The third-order valence-electron chi connectivity index (χ3n) is 4.44. The van der Waals surface area contributed by atoms with Crippen molar-refractivity contribution < 1.29 is 4.79 Å². The summed E-state index contributed by atoms with van der Waals surface area (Å²) < 4.78 is 1.61. The summed E-state index contributed by atoms with van der Waals surface area (Å²) in [6.07, 6.45) is 4.30. The number of para-hydroxylation sites is 1. The molecule has 128 valence electrons. The highest BCUT2D eigenvalue weighted by atomic mass is 16.2. The van der Waals surface area contributed by atoms with Crippen molar-refractivity contribution in [1.29, 1.82) is 0 Å². The van der Waals surface area contributed by atoms with Gasteiger partial charge >= 0.3 is 0 Å². The van der Waals surface area contributed by atoms with Gasteiger partial charge in [-0.1, -0.05) is 23.4 Å². The predicted octanol–water partition coefficient (Wildman–Crippen LogP) is 1.74. The minimum Gasteiger partial charge on any atom is -0.357 e. The largest absolute Gasteiger partial charge is 0.357 e. The third-order valence-corrected chi connectivity index (χ3v) is 4.44. The lowest BCUT2D eigenvalue weighted by Crippen LogP contribution is -2.27. The molecule has 0 atom stereocenters. The van der Waals surface area contributed by atoms with Gasteiger partial charge in [-0.05, 0) is 36.6 Å². The topological polar surface area (TPSA) is 75.9 Å². The van der Waals surface area contributed by atoms with Crippen molar-refractivity contribution in [1.82, 2.24) is 25.3 Å². The summed E-state index contributed by atoms with van der Waals surface area (Å²) in [6, 6.07) is 11.6. The van der Waals surface area contributed by atoms with Gasteiger partial charge in [-0.3, -0.25) is 4.79 Å². The number of nitrogens with zero attached hydrogens (tertiary/aromatic N) is 5. The monoisotopic (exact) mass is 336 g/mol. The molecule has 7 heteroatoms. The summed E-state index contributed by atoms with van der Waals surface area (Å²) in [6.45, 7) is 2.77. The first-order valence-electron chi connectivity index (χ1n) is 8.54. The van der Waals surface area contributed by atoms with E-state index in [0.29, 0.717) is 6.54 Å². The van der Waals surface area contributed by atoms with Crippen LogP contribution in [-0.4, -0.2) is 39.0 Å². The molecule has 1 aromatic carbocycles. The van der Waals surface area contributed by atoms with Gasteiger partial charge < -0.3 is 10.2 Å². The molecule has 4 rings (SSSR count).